The van der Waals surface area contributed by atoms with Crippen LogP contribution in [-0.4, -0.2) is 48.9 Å². The van der Waals surface area contributed by atoms with Gasteiger partial charge in [-0.3, -0.25) is 14.5 Å². The first-order chi connectivity index (χ1) is 11.0. The number of amides is 4. The summed E-state index contributed by atoms with van der Waals surface area (Å²) in [5.41, 5.74) is 0.817. The van der Waals surface area contributed by atoms with Gasteiger partial charge < -0.3 is 15.5 Å². The third-order valence-electron chi connectivity index (χ3n) is 3.92. The molecule has 0 aliphatic carbocycles. The molecule has 7 nitrogen and oxygen atoms in total. The second kappa shape index (κ2) is 6.23. The molecular weight excluding hydrogens is 303 g/mol. The highest BCUT2D eigenvalue weighted by atomic mass is 19.1. The molecule has 0 aromatic heterocycles. The smallest absolute Gasteiger partial charge is 0.325 e. The van der Waals surface area contributed by atoms with Crippen molar-refractivity contribution in [3.63, 3.8) is 0 Å². The molecule has 2 saturated heterocycles. The summed E-state index contributed by atoms with van der Waals surface area (Å²) in [5.74, 6) is -1.41. The van der Waals surface area contributed by atoms with Gasteiger partial charge >= 0.3 is 6.03 Å². The molecule has 2 fully saturated rings. The third-order valence-corrected chi connectivity index (χ3v) is 3.92. The number of imide groups is 1. The van der Waals surface area contributed by atoms with Gasteiger partial charge in [0.1, 0.15) is 12.4 Å². The molecule has 1 aromatic carbocycles. The van der Waals surface area contributed by atoms with E-state index in [1.807, 2.05) is 4.90 Å². The van der Waals surface area contributed by atoms with Crippen LogP contribution in [0.15, 0.2) is 18.2 Å². The first-order valence-corrected chi connectivity index (χ1v) is 7.47. The molecule has 0 saturated carbocycles. The van der Waals surface area contributed by atoms with E-state index in [1.54, 1.807) is 12.1 Å². The Morgan fingerprint density at radius 1 is 1.26 bits per heavy atom. The molecule has 2 aliphatic rings. The molecule has 3 rings (SSSR count). The summed E-state index contributed by atoms with van der Waals surface area (Å²) in [4.78, 5) is 37.5. The maximum Gasteiger partial charge on any atom is 0.325 e. The van der Waals surface area contributed by atoms with Gasteiger partial charge in [-0.25, -0.2) is 9.18 Å². The third kappa shape index (κ3) is 3.25. The zero-order chi connectivity index (χ0) is 16.4. The van der Waals surface area contributed by atoms with Gasteiger partial charge in [0.25, 0.3) is 5.91 Å². The maximum atomic E-state index is 14.2. The van der Waals surface area contributed by atoms with Gasteiger partial charge in [0.05, 0.1) is 12.2 Å². The Morgan fingerprint density at radius 2 is 2.00 bits per heavy atom. The summed E-state index contributed by atoms with van der Waals surface area (Å²) >= 11 is 0. The molecule has 0 radical (unpaired) electrons. The lowest BCUT2D eigenvalue weighted by Gasteiger charge is -2.19. The zero-order valence-electron chi connectivity index (χ0n) is 12.5. The first-order valence-electron chi connectivity index (χ1n) is 7.47. The summed E-state index contributed by atoms with van der Waals surface area (Å²) in [6.45, 7) is 1.16. The molecule has 2 aliphatic heterocycles. The highest BCUT2D eigenvalue weighted by molar-refractivity contribution is 6.06. The first kappa shape index (κ1) is 15.3. The van der Waals surface area contributed by atoms with E-state index in [1.165, 1.54) is 6.07 Å². The number of rotatable bonds is 4. The number of hydrogen-bond donors (Lipinski definition) is 2. The van der Waals surface area contributed by atoms with Crippen LogP contribution >= 0.6 is 0 Å². The van der Waals surface area contributed by atoms with Crippen LogP contribution in [0.1, 0.15) is 12.8 Å². The van der Waals surface area contributed by atoms with Crippen molar-refractivity contribution in [2.24, 2.45) is 0 Å². The lowest BCUT2D eigenvalue weighted by Crippen LogP contribution is -2.38. The predicted molar refractivity (Wildman–Crippen MR) is 81.6 cm³/mol. The van der Waals surface area contributed by atoms with Gasteiger partial charge in [-0.15, -0.1) is 0 Å². The molecule has 8 heteroatoms. The van der Waals surface area contributed by atoms with Crippen molar-refractivity contribution in [3.05, 3.63) is 24.0 Å². The van der Waals surface area contributed by atoms with Gasteiger partial charge in [0, 0.05) is 18.8 Å². The van der Waals surface area contributed by atoms with Crippen LogP contribution in [0.2, 0.25) is 0 Å². The molecule has 122 valence electrons. The fraction of sp³-hybridized carbons (Fsp3) is 0.400. The van der Waals surface area contributed by atoms with Crippen LogP contribution in [0.25, 0.3) is 0 Å². The number of halogens is 1. The van der Waals surface area contributed by atoms with Gasteiger partial charge in [-0.1, -0.05) is 0 Å². The van der Waals surface area contributed by atoms with E-state index in [9.17, 15) is 18.8 Å². The molecule has 1 aromatic rings. The van der Waals surface area contributed by atoms with Gasteiger partial charge in [0.2, 0.25) is 5.91 Å². The molecule has 2 N–H and O–H groups in total. The Kier molecular flexibility index (Phi) is 4.14. The van der Waals surface area contributed by atoms with Crippen molar-refractivity contribution < 1.29 is 18.8 Å². The Hall–Kier alpha value is -2.64. The van der Waals surface area contributed by atoms with E-state index in [2.05, 4.69) is 10.6 Å². The Bertz CT molecular complexity index is 642. The number of anilines is 2. The van der Waals surface area contributed by atoms with E-state index in [4.69, 9.17) is 0 Å². The standard InChI is InChI=1S/C15H17FN4O3/c16-11-7-10(3-4-12(11)19-5-1-2-6-19)18-13(21)9-20-14(22)8-17-15(20)23/h3-4,7H,1-2,5-6,8-9H2,(H,17,23)(H,18,21). The summed E-state index contributed by atoms with van der Waals surface area (Å²) in [7, 11) is 0. The molecule has 23 heavy (non-hydrogen) atoms. The van der Waals surface area contributed by atoms with Crippen LogP contribution in [0.4, 0.5) is 20.6 Å². The lowest BCUT2D eigenvalue weighted by molar-refractivity contribution is -0.128. The van der Waals surface area contributed by atoms with Crippen LogP contribution in [0.3, 0.4) is 0 Å². The largest absolute Gasteiger partial charge is 0.369 e. The zero-order valence-corrected chi connectivity index (χ0v) is 12.5. The molecule has 2 heterocycles. The number of carbonyl (C=O) groups is 3. The van der Waals surface area contributed by atoms with Gasteiger partial charge in [0.15, 0.2) is 0 Å². The maximum absolute atomic E-state index is 14.2. The topological polar surface area (TPSA) is 81.8 Å². The number of hydrogen-bond acceptors (Lipinski definition) is 4. The van der Waals surface area contributed by atoms with E-state index < -0.39 is 23.7 Å². The quantitative estimate of drug-likeness (QED) is 0.808. The highest BCUT2D eigenvalue weighted by Gasteiger charge is 2.30. The minimum atomic E-state index is -0.597. The summed E-state index contributed by atoms with van der Waals surface area (Å²) in [6.07, 6.45) is 2.09. The van der Waals surface area contributed by atoms with Crippen molar-refractivity contribution in [1.29, 1.82) is 0 Å². The van der Waals surface area contributed by atoms with Crippen molar-refractivity contribution in [2.45, 2.75) is 12.8 Å². The van der Waals surface area contributed by atoms with Crippen LogP contribution in [0, 0.1) is 5.82 Å². The normalized spacial score (nSPS) is 17.6. The van der Waals surface area contributed by atoms with E-state index in [0.29, 0.717) is 11.4 Å². The molecule has 0 atom stereocenters. The molecule has 4 amide bonds. The number of urea groups is 1. The Balaban J connectivity index is 1.63. The van der Waals surface area contributed by atoms with E-state index in [0.717, 1.165) is 30.8 Å². The van der Waals surface area contributed by atoms with Gasteiger partial charge in [-0.2, -0.15) is 0 Å². The Morgan fingerprint density at radius 3 is 2.61 bits per heavy atom. The highest BCUT2D eigenvalue weighted by Crippen LogP contribution is 2.26. The summed E-state index contributed by atoms with van der Waals surface area (Å²) in [5, 5.41) is 4.83. The van der Waals surface area contributed by atoms with Crippen molar-refractivity contribution in [2.75, 3.05) is 36.4 Å². The number of nitrogens with zero attached hydrogens (tertiary/aromatic N) is 2. The van der Waals surface area contributed by atoms with E-state index in [-0.39, 0.29) is 13.1 Å². The minimum Gasteiger partial charge on any atom is -0.369 e. The number of carbonyl (C=O) groups excluding carboxylic acids is 3. The van der Waals surface area contributed by atoms with Crippen molar-refractivity contribution in [1.82, 2.24) is 10.2 Å². The van der Waals surface area contributed by atoms with Crippen LogP contribution < -0.4 is 15.5 Å². The SMILES string of the molecule is O=C(CN1C(=O)CNC1=O)Nc1ccc(N2CCCC2)c(F)c1. The molecular formula is C15H17FN4O3. The molecule has 0 unspecified atom stereocenters. The summed E-state index contributed by atoms with van der Waals surface area (Å²) in [6, 6.07) is 3.89. The molecule has 0 bridgehead atoms. The fourth-order valence-electron chi connectivity index (χ4n) is 2.76. The van der Waals surface area contributed by atoms with Crippen LogP contribution in [0.5, 0.6) is 0 Å². The minimum absolute atomic E-state index is 0.106. The average molecular weight is 320 g/mol. The second-order valence-corrected chi connectivity index (χ2v) is 5.55. The number of benzene rings is 1. The summed E-state index contributed by atoms with van der Waals surface area (Å²) < 4.78 is 14.2. The van der Waals surface area contributed by atoms with E-state index >= 15 is 0 Å². The monoisotopic (exact) mass is 320 g/mol. The predicted octanol–water partition coefficient (Wildman–Crippen LogP) is 0.916. The lowest BCUT2D eigenvalue weighted by atomic mass is 10.2. The van der Waals surface area contributed by atoms with Gasteiger partial charge in [-0.05, 0) is 31.0 Å². The average Bonchev–Trinajstić information content (AvgIpc) is 3.13. The van der Waals surface area contributed by atoms with Crippen LogP contribution in [-0.2, 0) is 9.59 Å². The molecule has 0 spiro atoms. The fourth-order valence-corrected chi connectivity index (χ4v) is 2.76. The Labute approximate surface area is 132 Å². The second-order valence-electron chi connectivity index (χ2n) is 5.55. The van der Waals surface area contributed by atoms with Crippen molar-refractivity contribution in [3.8, 4) is 0 Å². The van der Waals surface area contributed by atoms with Crippen molar-refractivity contribution >= 4 is 29.2 Å². The number of nitrogens with one attached hydrogen (secondary N) is 2.